The molecule has 0 aliphatic heterocycles. The Hall–Kier alpha value is -1.57. The first-order valence-corrected chi connectivity index (χ1v) is 5.38. The molecule has 2 nitrogen and oxygen atoms in total. The molecule has 0 bridgehead atoms. The number of aldehydes is 1. The Balaban J connectivity index is 2.38. The first kappa shape index (κ1) is 8.72. The van der Waals surface area contributed by atoms with Crippen molar-refractivity contribution in [3.8, 4) is 0 Å². The average molecular weight is 200 g/mol. The van der Waals surface area contributed by atoms with Crippen LogP contribution in [-0.4, -0.2) is 6.29 Å². The summed E-state index contributed by atoms with van der Waals surface area (Å²) < 4.78 is 5.77. The molecule has 0 radical (unpaired) electrons. The lowest BCUT2D eigenvalue weighted by Gasteiger charge is -2.08. The lowest BCUT2D eigenvalue weighted by molar-refractivity contribution is 0.112. The highest BCUT2D eigenvalue weighted by Crippen LogP contribution is 2.33. The predicted octanol–water partition coefficient (Wildman–Crippen LogP) is 3.12. The molecule has 3 rings (SSSR count). The van der Waals surface area contributed by atoms with Crippen LogP contribution in [0.5, 0.6) is 0 Å². The molecular formula is C13H12O2. The number of carbonyl (C=O) groups excluding carboxylic acids is 1. The molecule has 2 aromatic rings. The van der Waals surface area contributed by atoms with Gasteiger partial charge in [-0.3, -0.25) is 4.79 Å². The summed E-state index contributed by atoms with van der Waals surface area (Å²) in [6, 6.07) is 5.68. The van der Waals surface area contributed by atoms with E-state index in [1.165, 1.54) is 18.4 Å². The average Bonchev–Trinajstić information content (AvgIpc) is 2.67. The van der Waals surface area contributed by atoms with Crippen LogP contribution in [0.1, 0.15) is 34.5 Å². The maximum absolute atomic E-state index is 11.0. The SMILES string of the molecule is O=Cc1cccc2oc3c(c12)CCCC3. The third-order valence-corrected chi connectivity index (χ3v) is 3.14. The molecule has 0 unspecified atom stereocenters. The van der Waals surface area contributed by atoms with Crippen LogP contribution in [0, 0.1) is 0 Å². The van der Waals surface area contributed by atoms with Crippen LogP contribution in [0.2, 0.25) is 0 Å². The summed E-state index contributed by atoms with van der Waals surface area (Å²) in [6.07, 6.45) is 5.39. The number of aryl methyl sites for hydroxylation is 2. The minimum absolute atomic E-state index is 0.763. The lowest BCUT2D eigenvalue weighted by Crippen LogP contribution is -1.99. The van der Waals surface area contributed by atoms with E-state index in [-0.39, 0.29) is 0 Å². The number of rotatable bonds is 1. The van der Waals surface area contributed by atoms with Crippen molar-refractivity contribution in [1.29, 1.82) is 0 Å². The minimum Gasteiger partial charge on any atom is -0.461 e. The van der Waals surface area contributed by atoms with E-state index in [0.29, 0.717) is 0 Å². The van der Waals surface area contributed by atoms with Crippen LogP contribution in [0.15, 0.2) is 22.6 Å². The van der Waals surface area contributed by atoms with Gasteiger partial charge < -0.3 is 4.42 Å². The molecule has 76 valence electrons. The standard InChI is InChI=1S/C13H12O2/c14-8-9-4-3-7-12-13(9)10-5-1-2-6-11(10)15-12/h3-4,7-8H,1-2,5-6H2. The number of hydrogen-bond donors (Lipinski definition) is 0. The van der Waals surface area contributed by atoms with Crippen LogP contribution >= 0.6 is 0 Å². The smallest absolute Gasteiger partial charge is 0.150 e. The van der Waals surface area contributed by atoms with Gasteiger partial charge in [0.1, 0.15) is 11.3 Å². The molecule has 0 atom stereocenters. The Bertz CT molecular complexity index is 523. The van der Waals surface area contributed by atoms with Gasteiger partial charge in [-0.2, -0.15) is 0 Å². The Morgan fingerprint density at radius 1 is 1.20 bits per heavy atom. The summed E-state index contributed by atoms with van der Waals surface area (Å²) in [5.41, 5.74) is 2.89. The van der Waals surface area contributed by atoms with E-state index in [1.807, 2.05) is 18.2 Å². The molecule has 0 saturated carbocycles. The Morgan fingerprint density at radius 2 is 2.07 bits per heavy atom. The third-order valence-electron chi connectivity index (χ3n) is 3.14. The highest BCUT2D eigenvalue weighted by Gasteiger charge is 2.19. The quantitative estimate of drug-likeness (QED) is 0.662. The van der Waals surface area contributed by atoms with Gasteiger partial charge in [0.2, 0.25) is 0 Å². The maximum atomic E-state index is 11.0. The van der Waals surface area contributed by atoms with Crippen LogP contribution in [0.4, 0.5) is 0 Å². The van der Waals surface area contributed by atoms with Crippen molar-refractivity contribution in [2.75, 3.05) is 0 Å². The van der Waals surface area contributed by atoms with Crippen molar-refractivity contribution in [1.82, 2.24) is 0 Å². The molecule has 1 aliphatic rings. The van der Waals surface area contributed by atoms with Crippen molar-refractivity contribution in [3.05, 3.63) is 35.1 Å². The van der Waals surface area contributed by atoms with Crippen molar-refractivity contribution < 1.29 is 9.21 Å². The first-order chi connectivity index (χ1) is 7.40. The van der Waals surface area contributed by atoms with Crippen LogP contribution < -0.4 is 0 Å². The molecule has 0 spiro atoms. The molecule has 15 heavy (non-hydrogen) atoms. The largest absolute Gasteiger partial charge is 0.461 e. The molecule has 1 aromatic heterocycles. The number of hydrogen-bond acceptors (Lipinski definition) is 2. The molecule has 2 heteroatoms. The number of carbonyl (C=O) groups is 1. The Kier molecular flexibility index (Phi) is 1.88. The molecule has 0 N–H and O–H groups in total. The minimum atomic E-state index is 0.763. The second-order valence-corrected chi connectivity index (χ2v) is 4.05. The molecule has 1 aromatic carbocycles. The third kappa shape index (κ3) is 1.21. The first-order valence-electron chi connectivity index (χ1n) is 5.38. The van der Waals surface area contributed by atoms with Gasteiger partial charge in [-0.25, -0.2) is 0 Å². The van der Waals surface area contributed by atoms with Gasteiger partial charge in [-0.1, -0.05) is 12.1 Å². The lowest BCUT2D eigenvalue weighted by atomic mass is 9.94. The second kappa shape index (κ2) is 3.23. The summed E-state index contributed by atoms with van der Waals surface area (Å²) in [5.74, 6) is 1.09. The van der Waals surface area contributed by atoms with Gasteiger partial charge in [0.25, 0.3) is 0 Å². The van der Waals surface area contributed by atoms with Crippen molar-refractivity contribution in [3.63, 3.8) is 0 Å². The van der Waals surface area contributed by atoms with E-state index in [1.54, 1.807) is 0 Å². The number of furan rings is 1. The maximum Gasteiger partial charge on any atom is 0.150 e. The molecular weight excluding hydrogens is 188 g/mol. The van der Waals surface area contributed by atoms with Gasteiger partial charge in [-0.05, 0) is 25.3 Å². The number of benzene rings is 1. The van der Waals surface area contributed by atoms with Gasteiger partial charge in [-0.15, -0.1) is 0 Å². The van der Waals surface area contributed by atoms with E-state index in [0.717, 1.165) is 41.4 Å². The summed E-state index contributed by atoms with van der Waals surface area (Å²) in [5, 5.41) is 1.04. The van der Waals surface area contributed by atoms with Gasteiger partial charge >= 0.3 is 0 Å². The molecule has 1 aliphatic carbocycles. The van der Waals surface area contributed by atoms with E-state index >= 15 is 0 Å². The van der Waals surface area contributed by atoms with Crippen LogP contribution in [0.25, 0.3) is 11.0 Å². The predicted molar refractivity (Wildman–Crippen MR) is 58.2 cm³/mol. The normalized spacial score (nSPS) is 15.2. The molecule has 0 saturated heterocycles. The number of fused-ring (bicyclic) bond motifs is 3. The fourth-order valence-corrected chi connectivity index (χ4v) is 2.44. The molecule has 0 amide bonds. The van der Waals surface area contributed by atoms with E-state index in [9.17, 15) is 4.79 Å². The van der Waals surface area contributed by atoms with E-state index in [2.05, 4.69) is 0 Å². The highest BCUT2D eigenvalue weighted by atomic mass is 16.3. The topological polar surface area (TPSA) is 30.2 Å². The molecule has 1 heterocycles. The van der Waals surface area contributed by atoms with Crippen LogP contribution in [-0.2, 0) is 12.8 Å². The summed E-state index contributed by atoms with van der Waals surface area (Å²) >= 11 is 0. The van der Waals surface area contributed by atoms with Crippen molar-refractivity contribution in [2.45, 2.75) is 25.7 Å². The Labute approximate surface area is 87.9 Å². The zero-order chi connectivity index (χ0) is 10.3. The van der Waals surface area contributed by atoms with E-state index < -0.39 is 0 Å². The van der Waals surface area contributed by atoms with Crippen LogP contribution in [0.3, 0.4) is 0 Å². The Morgan fingerprint density at radius 3 is 2.93 bits per heavy atom. The summed E-state index contributed by atoms with van der Waals surface area (Å²) in [4.78, 5) is 11.0. The van der Waals surface area contributed by atoms with E-state index in [4.69, 9.17) is 4.42 Å². The second-order valence-electron chi connectivity index (χ2n) is 4.05. The van der Waals surface area contributed by atoms with Gasteiger partial charge in [0, 0.05) is 22.9 Å². The van der Waals surface area contributed by atoms with Crippen molar-refractivity contribution in [2.24, 2.45) is 0 Å². The monoisotopic (exact) mass is 200 g/mol. The molecule has 0 fully saturated rings. The zero-order valence-corrected chi connectivity index (χ0v) is 8.45. The van der Waals surface area contributed by atoms with Gasteiger partial charge in [0.15, 0.2) is 6.29 Å². The fourth-order valence-electron chi connectivity index (χ4n) is 2.44. The van der Waals surface area contributed by atoms with Gasteiger partial charge in [0.05, 0.1) is 0 Å². The summed E-state index contributed by atoms with van der Waals surface area (Å²) in [7, 11) is 0. The zero-order valence-electron chi connectivity index (χ0n) is 8.45. The fraction of sp³-hybridized carbons (Fsp3) is 0.308. The highest BCUT2D eigenvalue weighted by molar-refractivity contribution is 5.98. The van der Waals surface area contributed by atoms with Crippen molar-refractivity contribution >= 4 is 17.3 Å². The summed E-state index contributed by atoms with van der Waals surface area (Å²) in [6.45, 7) is 0.